The van der Waals surface area contributed by atoms with Gasteiger partial charge in [0.2, 0.25) is 11.6 Å². The van der Waals surface area contributed by atoms with E-state index in [2.05, 4.69) is 9.83 Å². The zero-order chi connectivity index (χ0) is 22.1. The van der Waals surface area contributed by atoms with Gasteiger partial charge in [-0.15, -0.1) is 0 Å². The number of rotatable bonds is 3. The Morgan fingerprint density at radius 3 is 2.52 bits per heavy atom. The zero-order valence-corrected chi connectivity index (χ0v) is 17.5. The lowest BCUT2D eigenvalue weighted by Gasteiger charge is -2.32. The summed E-state index contributed by atoms with van der Waals surface area (Å²) in [7, 11) is 1.69. The number of aromatic nitrogens is 3. The first-order valence-electron chi connectivity index (χ1n) is 10.1. The van der Waals surface area contributed by atoms with Crippen molar-refractivity contribution in [3.63, 3.8) is 0 Å². The molecule has 4 rings (SSSR count). The number of benzene rings is 1. The molecule has 0 saturated carbocycles. The fourth-order valence-corrected chi connectivity index (χ4v) is 3.80. The molecule has 31 heavy (non-hydrogen) atoms. The Balaban J connectivity index is 1.95. The number of halogens is 1. The van der Waals surface area contributed by atoms with Gasteiger partial charge in [-0.05, 0) is 31.9 Å². The Kier molecular flexibility index (Phi) is 5.53. The molecule has 0 unspecified atom stereocenters. The zero-order valence-electron chi connectivity index (χ0n) is 17.5. The molecule has 1 aliphatic heterocycles. The monoisotopic (exact) mass is 418 g/mol. The standard InChI is InChI=1S/C23H23FN6O/c1-14-4-5-16(13-27-14)20-21(15-6-7-19(26-2)18(24)12-15)28-23(29(3)22(20)31)30-10-8-17(25)9-11-30/h4-7,12-13,17H,8-11,25H2,1,3H3. The Hall–Kier alpha value is -3.57. The molecule has 3 aromatic rings. The summed E-state index contributed by atoms with van der Waals surface area (Å²) in [6.07, 6.45) is 3.24. The van der Waals surface area contributed by atoms with E-state index in [0.29, 0.717) is 41.4 Å². The predicted molar refractivity (Wildman–Crippen MR) is 119 cm³/mol. The summed E-state index contributed by atoms with van der Waals surface area (Å²) in [6, 6.07) is 8.07. The third-order valence-electron chi connectivity index (χ3n) is 5.63. The van der Waals surface area contributed by atoms with Crippen LogP contribution in [0.2, 0.25) is 0 Å². The van der Waals surface area contributed by atoms with Crippen molar-refractivity contribution in [1.29, 1.82) is 0 Å². The molecular weight excluding hydrogens is 395 g/mol. The first-order valence-corrected chi connectivity index (χ1v) is 10.1. The second kappa shape index (κ2) is 8.28. The summed E-state index contributed by atoms with van der Waals surface area (Å²) in [4.78, 5) is 27.8. The number of hydrogen-bond donors (Lipinski definition) is 1. The number of anilines is 1. The van der Waals surface area contributed by atoms with Crippen molar-refractivity contribution >= 4 is 11.6 Å². The SMILES string of the molecule is [C-]#[N+]c1ccc(-c2nc(N3CCC(N)CC3)n(C)c(=O)c2-c2ccc(C)nc2)cc1F. The molecule has 0 radical (unpaired) electrons. The van der Waals surface area contributed by atoms with E-state index in [4.69, 9.17) is 17.3 Å². The van der Waals surface area contributed by atoms with Crippen LogP contribution in [0.15, 0.2) is 41.3 Å². The van der Waals surface area contributed by atoms with Crippen molar-refractivity contribution in [2.75, 3.05) is 18.0 Å². The fraction of sp³-hybridized carbons (Fsp3) is 0.304. The fourth-order valence-electron chi connectivity index (χ4n) is 3.80. The van der Waals surface area contributed by atoms with E-state index in [1.54, 1.807) is 19.3 Å². The highest BCUT2D eigenvalue weighted by atomic mass is 19.1. The minimum Gasteiger partial charge on any atom is -0.342 e. The topological polar surface area (TPSA) is 81.4 Å². The lowest BCUT2D eigenvalue weighted by atomic mass is 10.0. The molecule has 0 atom stereocenters. The van der Waals surface area contributed by atoms with Gasteiger partial charge in [0.15, 0.2) is 0 Å². The van der Waals surface area contributed by atoms with Gasteiger partial charge in [-0.1, -0.05) is 18.2 Å². The van der Waals surface area contributed by atoms with Gasteiger partial charge in [-0.3, -0.25) is 14.3 Å². The van der Waals surface area contributed by atoms with Crippen LogP contribution in [0.1, 0.15) is 18.5 Å². The minimum absolute atomic E-state index is 0.0728. The molecule has 2 aromatic heterocycles. The maximum atomic E-state index is 14.4. The van der Waals surface area contributed by atoms with Gasteiger partial charge in [-0.25, -0.2) is 14.2 Å². The number of aryl methyl sites for hydroxylation is 1. The molecule has 1 fully saturated rings. The molecule has 158 valence electrons. The van der Waals surface area contributed by atoms with Crippen molar-refractivity contribution in [3.8, 4) is 22.4 Å². The number of pyridine rings is 1. The molecule has 0 aliphatic carbocycles. The first-order chi connectivity index (χ1) is 14.9. The molecule has 7 nitrogen and oxygen atoms in total. The van der Waals surface area contributed by atoms with Crippen LogP contribution in [-0.2, 0) is 7.05 Å². The minimum atomic E-state index is -0.645. The van der Waals surface area contributed by atoms with Crippen LogP contribution in [0.25, 0.3) is 27.2 Å². The molecule has 3 heterocycles. The second-order valence-electron chi connectivity index (χ2n) is 7.79. The highest BCUT2D eigenvalue weighted by molar-refractivity contribution is 5.81. The average molecular weight is 418 g/mol. The third kappa shape index (κ3) is 3.92. The number of nitrogens with zero attached hydrogens (tertiary/aromatic N) is 5. The van der Waals surface area contributed by atoms with Gasteiger partial charge in [0.25, 0.3) is 5.56 Å². The summed E-state index contributed by atoms with van der Waals surface area (Å²) in [5.41, 5.74) is 8.31. The smallest absolute Gasteiger partial charge is 0.263 e. The highest BCUT2D eigenvalue weighted by Gasteiger charge is 2.24. The highest BCUT2D eigenvalue weighted by Crippen LogP contribution is 2.32. The maximum Gasteiger partial charge on any atom is 0.263 e. The van der Waals surface area contributed by atoms with Crippen molar-refractivity contribution in [1.82, 2.24) is 14.5 Å². The van der Waals surface area contributed by atoms with Crippen LogP contribution < -0.4 is 16.2 Å². The molecular formula is C23H23FN6O. The average Bonchev–Trinajstić information content (AvgIpc) is 2.77. The summed E-state index contributed by atoms with van der Waals surface area (Å²) >= 11 is 0. The van der Waals surface area contributed by atoms with Crippen molar-refractivity contribution in [3.05, 3.63) is 69.8 Å². The second-order valence-corrected chi connectivity index (χ2v) is 7.79. The van der Waals surface area contributed by atoms with Gasteiger partial charge in [0.05, 0.1) is 17.8 Å². The van der Waals surface area contributed by atoms with E-state index in [-0.39, 0.29) is 17.3 Å². The first kappa shape index (κ1) is 20.7. The summed E-state index contributed by atoms with van der Waals surface area (Å²) in [5, 5.41) is 0. The number of hydrogen-bond acceptors (Lipinski definition) is 5. The lowest BCUT2D eigenvalue weighted by molar-refractivity contribution is 0.490. The van der Waals surface area contributed by atoms with Crippen LogP contribution in [0.3, 0.4) is 0 Å². The van der Waals surface area contributed by atoms with E-state index < -0.39 is 5.82 Å². The van der Waals surface area contributed by atoms with Crippen molar-refractivity contribution in [2.45, 2.75) is 25.8 Å². The van der Waals surface area contributed by atoms with Crippen LogP contribution in [0, 0.1) is 19.3 Å². The van der Waals surface area contributed by atoms with Crippen molar-refractivity contribution < 1.29 is 4.39 Å². The van der Waals surface area contributed by atoms with Gasteiger partial charge >= 0.3 is 0 Å². The van der Waals surface area contributed by atoms with Gasteiger partial charge in [0, 0.05) is 49.2 Å². The maximum absolute atomic E-state index is 14.4. The molecule has 2 N–H and O–H groups in total. The molecule has 0 bridgehead atoms. The molecule has 8 heteroatoms. The van der Waals surface area contributed by atoms with Gasteiger partial charge in [-0.2, -0.15) is 0 Å². The number of nitrogens with two attached hydrogens (primary N) is 1. The van der Waals surface area contributed by atoms with Gasteiger partial charge < -0.3 is 10.6 Å². The quantitative estimate of drug-likeness (QED) is 0.659. The van der Waals surface area contributed by atoms with Crippen molar-refractivity contribution in [2.24, 2.45) is 12.8 Å². The Morgan fingerprint density at radius 1 is 1.19 bits per heavy atom. The Bertz CT molecular complexity index is 1220. The van der Waals surface area contributed by atoms with Crippen LogP contribution in [0.4, 0.5) is 16.0 Å². The third-order valence-corrected chi connectivity index (χ3v) is 5.63. The summed E-state index contributed by atoms with van der Waals surface area (Å²) in [5.74, 6) is -0.126. The predicted octanol–water partition coefficient (Wildman–Crippen LogP) is 3.44. The van der Waals surface area contributed by atoms with Crippen LogP contribution in [-0.4, -0.2) is 33.7 Å². The molecule has 0 amide bonds. The van der Waals surface area contributed by atoms with Gasteiger partial charge in [0.1, 0.15) is 5.82 Å². The molecule has 1 aromatic carbocycles. The largest absolute Gasteiger partial charge is 0.342 e. The number of piperidine rings is 1. The Morgan fingerprint density at radius 2 is 1.90 bits per heavy atom. The van der Waals surface area contributed by atoms with E-state index in [1.165, 1.54) is 16.7 Å². The van der Waals surface area contributed by atoms with Crippen LogP contribution in [0.5, 0.6) is 0 Å². The lowest BCUT2D eigenvalue weighted by Crippen LogP contribution is -2.42. The molecule has 1 saturated heterocycles. The molecule has 1 aliphatic rings. The summed E-state index contributed by atoms with van der Waals surface area (Å²) < 4.78 is 16.0. The summed E-state index contributed by atoms with van der Waals surface area (Å²) in [6.45, 7) is 10.3. The van der Waals surface area contributed by atoms with Crippen LogP contribution >= 0.6 is 0 Å². The molecule has 0 spiro atoms. The van der Waals surface area contributed by atoms with E-state index in [0.717, 1.165) is 18.5 Å². The normalized spacial score (nSPS) is 14.5. The van der Waals surface area contributed by atoms with E-state index in [9.17, 15) is 9.18 Å². The Labute approximate surface area is 179 Å². The van der Waals surface area contributed by atoms with E-state index >= 15 is 0 Å². The van der Waals surface area contributed by atoms with E-state index in [1.807, 2.05) is 24.0 Å².